The molecule has 0 spiro atoms. The van der Waals surface area contributed by atoms with Crippen molar-refractivity contribution in [2.75, 3.05) is 13.2 Å². The molecular formula is C15H15N3O4S. The zero-order valence-electron chi connectivity index (χ0n) is 12.1. The molecule has 0 aliphatic carbocycles. The third kappa shape index (κ3) is 5.53. The molecule has 7 nitrogen and oxygen atoms in total. The number of hydrogen-bond donors (Lipinski definition) is 3. The highest BCUT2D eigenvalue weighted by Crippen LogP contribution is 2.11. The van der Waals surface area contributed by atoms with Gasteiger partial charge < -0.3 is 14.6 Å². The lowest BCUT2D eigenvalue weighted by Crippen LogP contribution is -2.26. The molecule has 0 unspecified atom stereocenters. The lowest BCUT2D eigenvalue weighted by molar-refractivity contribution is -0.116. The van der Waals surface area contributed by atoms with Gasteiger partial charge in [-0.1, -0.05) is 42.5 Å². The summed E-state index contributed by atoms with van der Waals surface area (Å²) >= 11 is 4.76. The van der Waals surface area contributed by atoms with Gasteiger partial charge in [0.1, 0.15) is 6.61 Å². The van der Waals surface area contributed by atoms with Crippen LogP contribution < -0.4 is 15.5 Å². The molecule has 0 aliphatic rings. The van der Waals surface area contributed by atoms with E-state index in [1.54, 1.807) is 11.6 Å². The van der Waals surface area contributed by atoms with Crippen molar-refractivity contribution >= 4 is 29.2 Å². The molecule has 3 N–H and O–H groups in total. The van der Waals surface area contributed by atoms with E-state index in [2.05, 4.69) is 10.5 Å². The number of nitrogens with one attached hydrogen (secondary N) is 2. The number of thiocarbonyl (C=S) groups is 1. The molecule has 0 saturated heterocycles. The smallest absolute Gasteiger partial charge is 0.254 e. The summed E-state index contributed by atoms with van der Waals surface area (Å²) in [6.07, 6.45) is 3.18. The number of hydroxylamine groups is 1. The first kappa shape index (κ1) is 16.7. The highest BCUT2D eigenvalue weighted by molar-refractivity contribution is 7.80. The minimum Gasteiger partial charge on any atom is -0.474 e. The fourth-order valence-corrected chi connectivity index (χ4v) is 1.71. The van der Waals surface area contributed by atoms with Crippen LogP contribution in [0.25, 0.3) is 6.08 Å². The molecule has 0 fully saturated rings. The Labute approximate surface area is 137 Å². The van der Waals surface area contributed by atoms with E-state index >= 15 is 0 Å². The van der Waals surface area contributed by atoms with E-state index in [4.69, 9.17) is 26.7 Å². The van der Waals surface area contributed by atoms with Crippen LogP contribution in [-0.4, -0.2) is 34.4 Å². The van der Waals surface area contributed by atoms with E-state index in [9.17, 15) is 4.79 Å². The van der Waals surface area contributed by atoms with Gasteiger partial charge >= 0.3 is 0 Å². The van der Waals surface area contributed by atoms with Gasteiger partial charge in [-0.25, -0.2) is 0 Å². The van der Waals surface area contributed by atoms with Crippen LogP contribution in [0, 0.1) is 0 Å². The van der Waals surface area contributed by atoms with Crippen molar-refractivity contribution in [1.82, 2.24) is 16.0 Å². The topological polar surface area (TPSA) is 96.6 Å². The fraction of sp³-hybridized carbons (Fsp3) is 0.133. The van der Waals surface area contributed by atoms with Crippen LogP contribution in [0.1, 0.15) is 11.3 Å². The van der Waals surface area contributed by atoms with Crippen LogP contribution in [0.3, 0.4) is 0 Å². The van der Waals surface area contributed by atoms with Crippen LogP contribution in [0.15, 0.2) is 47.0 Å². The van der Waals surface area contributed by atoms with Crippen molar-refractivity contribution in [2.24, 2.45) is 0 Å². The van der Waals surface area contributed by atoms with E-state index in [1.807, 2.05) is 30.3 Å². The quantitative estimate of drug-likeness (QED) is 0.306. The van der Waals surface area contributed by atoms with E-state index in [-0.39, 0.29) is 29.1 Å². The van der Waals surface area contributed by atoms with Gasteiger partial charge in [-0.05, 0) is 16.8 Å². The molecule has 120 valence electrons. The van der Waals surface area contributed by atoms with Crippen LogP contribution in [0.4, 0.5) is 0 Å². The van der Waals surface area contributed by atoms with Crippen molar-refractivity contribution in [1.29, 1.82) is 0 Å². The number of carbonyl (C=O) groups excluding carboxylic acids is 1. The van der Waals surface area contributed by atoms with Crippen LogP contribution in [0.2, 0.25) is 0 Å². The number of nitrogens with zero attached hydrogens (tertiary/aromatic N) is 1. The normalized spacial score (nSPS) is 10.5. The Balaban J connectivity index is 1.69. The van der Waals surface area contributed by atoms with Crippen LogP contribution in [0.5, 0.6) is 5.88 Å². The zero-order valence-corrected chi connectivity index (χ0v) is 12.9. The minimum absolute atomic E-state index is 0.00621. The average molecular weight is 333 g/mol. The number of aromatic nitrogens is 1. The molecule has 0 saturated carbocycles. The molecule has 2 rings (SSSR count). The maximum absolute atomic E-state index is 11.6. The number of rotatable bonds is 7. The summed E-state index contributed by atoms with van der Waals surface area (Å²) in [6, 6.07) is 10.9. The molecule has 0 aliphatic heterocycles. The summed E-state index contributed by atoms with van der Waals surface area (Å²) < 4.78 is 10.1. The summed E-state index contributed by atoms with van der Waals surface area (Å²) in [4.78, 5) is 11.6. The van der Waals surface area contributed by atoms with Gasteiger partial charge in [0.05, 0.1) is 12.6 Å². The fourth-order valence-electron chi connectivity index (χ4n) is 1.61. The lowest BCUT2D eigenvalue weighted by atomic mass is 10.2. The third-order valence-corrected chi connectivity index (χ3v) is 2.98. The maximum atomic E-state index is 11.6. The predicted octanol–water partition coefficient (Wildman–Crippen LogP) is 1.54. The Hall–Kier alpha value is -2.71. The molecule has 1 aromatic carbocycles. The Morgan fingerprint density at radius 1 is 1.39 bits per heavy atom. The maximum Gasteiger partial charge on any atom is 0.254 e. The van der Waals surface area contributed by atoms with Crippen LogP contribution >= 0.6 is 12.2 Å². The van der Waals surface area contributed by atoms with Gasteiger partial charge in [-0.15, -0.1) is 0 Å². The van der Waals surface area contributed by atoms with Crippen LogP contribution in [-0.2, 0) is 4.79 Å². The van der Waals surface area contributed by atoms with Crippen molar-refractivity contribution in [2.45, 2.75) is 0 Å². The first-order valence-electron chi connectivity index (χ1n) is 6.74. The summed E-state index contributed by atoms with van der Waals surface area (Å²) in [5.41, 5.74) is 2.73. The standard InChI is InChI=1S/C15H15N3O4S/c19-13(7-6-11-4-2-1-3-5-11)16-8-9-21-14-10-12(22-18-14)15(23)17-20/h1-7,10,20H,8-9H2,(H,16,19)(H,17,23)/b7-6+. The summed E-state index contributed by atoms with van der Waals surface area (Å²) in [7, 11) is 0. The first-order chi connectivity index (χ1) is 11.2. The summed E-state index contributed by atoms with van der Waals surface area (Å²) in [5, 5.41) is 14.9. The zero-order chi connectivity index (χ0) is 16.5. The summed E-state index contributed by atoms with van der Waals surface area (Å²) in [6.45, 7) is 0.527. The second kappa shape index (κ2) is 8.66. The van der Waals surface area contributed by atoms with E-state index in [1.165, 1.54) is 12.1 Å². The van der Waals surface area contributed by atoms with Gasteiger partial charge in [-0.3, -0.25) is 15.5 Å². The molecule has 1 amide bonds. The number of hydrogen-bond acceptors (Lipinski definition) is 6. The molecule has 0 atom stereocenters. The molecule has 23 heavy (non-hydrogen) atoms. The molecule has 1 aromatic heterocycles. The van der Waals surface area contributed by atoms with Gasteiger partial charge in [0.25, 0.3) is 5.88 Å². The minimum atomic E-state index is -0.219. The number of amides is 1. The van der Waals surface area contributed by atoms with Gasteiger partial charge in [0, 0.05) is 6.08 Å². The number of carbonyl (C=O) groups is 1. The Morgan fingerprint density at radius 2 is 2.17 bits per heavy atom. The van der Waals surface area contributed by atoms with Crippen molar-refractivity contribution in [3.05, 3.63) is 53.8 Å². The predicted molar refractivity (Wildman–Crippen MR) is 87.1 cm³/mol. The molecule has 0 radical (unpaired) electrons. The number of benzene rings is 1. The molecule has 8 heteroatoms. The third-order valence-electron chi connectivity index (χ3n) is 2.69. The van der Waals surface area contributed by atoms with Crippen molar-refractivity contribution in [3.8, 4) is 5.88 Å². The molecule has 1 heterocycles. The molecule has 2 aromatic rings. The van der Waals surface area contributed by atoms with Gasteiger partial charge in [-0.2, -0.15) is 0 Å². The van der Waals surface area contributed by atoms with E-state index in [0.717, 1.165) is 5.56 Å². The average Bonchev–Trinajstić information content (AvgIpc) is 3.06. The lowest BCUT2D eigenvalue weighted by Gasteiger charge is -2.02. The molecular weight excluding hydrogens is 318 g/mol. The Bertz CT molecular complexity index is 685. The van der Waals surface area contributed by atoms with E-state index < -0.39 is 0 Å². The Morgan fingerprint density at radius 3 is 2.91 bits per heavy atom. The second-order valence-electron chi connectivity index (χ2n) is 4.35. The molecule has 0 bridgehead atoms. The monoisotopic (exact) mass is 333 g/mol. The van der Waals surface area contributed by atoms with Crippen molar-refractivity contribution < 1.29 is 19.3 Å². The second-order valence-corrected chi connectivity index (χ2v) is 4.76. The number of ether oxygens (including phenoxy) is 1. The van der Waals surface area contributed by atoms with E-state index in [0.29, 0.717) is 6.54 Å². The SMILES string of the molecule is O=C(/C=C/c1ccccc1)NCCOc1cc(C(=S)NO)on1. The first-order valence-corrected chi connectivity index (χ1v) is 7.15. The van der Waals surface area contributed by atoms with Gasteiger partial charge in [0.2, 0.25) is 5.91 Å². The highest BCUT2D eigenvalue weighted by Gasteiger charge is 2.09. The summed E-state index contributed by atoms with van der Waals surface area (Å²) in [5.74, 6) is 0.183. The largest absolute Gasteiger partial charge is 0.474 e. The van der Waals surface area contributed by atoms with Gasteiger partial charge in [0.15, 0.2) is 10.7 Å². The van der Waals surface area contributed by atoms with Crippen molar-refractivity contribution in [3.63, 3.8) is 0 Å². The Kier molecular flexibility index (Phi) is 6.28. The highest BCUT2D eigenvalue weighted by atomic mass is 32.1.